The zero-order valence-corrected chi connectivity index (χ0v) is 17.2. The van der Waals surface area contributed by atoms with Crippen molar-refractivity contribution in [3.8, 4) is 22.8 Å². The van der Waals surface area contributed by atoms with Gasteiger partial charge in [-0.15, -0.1) is 0 Å². The number of carbonyl (C=O) groups is 1. The van der Waals surface area contributed by atoms with Crippen LogP contribution in [0.3, 0.4) is 0 Å². The summed E-state index contributed by atoms with van der Waals surface area (Å²) in [6.07, 6.45) is -0.720. The summed E-state index contributed by atoms with van der Waals surface area (Å²) >= 11 is 0. The minimum Gasteiger partial charge on any atom is -0.496 e. The van der Waals surface area contributed by atoms with Gasteiger partial charge in [-0.1, -0.05) is 26.0 Å². The number of aryl methyl sites for hydroxylation is 1. The summed E-state index contributed by atoms with van der Waals surface area (Å²) in [5.74, 6) is 1.72. The first-order valence-corrected chi connectivity index (χ1v) is 9.44. The number of amides is 1. The van der Waals surface area contributed by atoms with Crippen LogP contribution in [0.15, 0.2) is 47.1 Å². The number of nitrogens with one attached hydrogen (secondary N) is 1. The van der Waals surface area contributed by atoms with Gasteiger partial charge in [0, 0.05) is 5.56 Å². The number of nitrogens with zero attached hydrogens (tertiary/aromatic N) is 2. The van der Waals surface area contributed by atoms with Gasteiger partial charge in [0.2, 0.25) is 5.82 Å². The summed E-state index contributed by atoms with van der Waals surface area (Å²) < 4.78 is 15.9. The fourth-order valence-electron chi connectivity index (χ4n) is 2.89. The molecule has 1 amide bonds. The highest BCUT2D eigenvalue weighted by Gasteiger charge is 2.21. The molecule has 7 nitrogen and oxygen atoms in total. The lowest BCUT2D eigenvalue weighted by molar-refractivity contribution is -0.122. The molecule has 0 bridgehead atoms. The molecule has 0 spiro atoms. The van der Waals surface area contributed by atoms with Gasteiger partial charge in [0.05, 0.1) is 7.11 Å². The average Bonchev–Trinajstić information content (AvgIpc) is 3.16. The van der Waals surface area contributed by atoms with Crippen LogP contribution >= 0.6 is 0 Å². The predicted molar refractivity (Wildman–Crippen MR) is 110 cm³/mol. The van der Waals surface area contributed by atoms with Crippen molar-refractivity contribution in [2.75, 3.05) is 12.4 Å². The Morgan fingerprint density at radius 1 is 1.07 bits per heavy atom. The van der Waals surface area contributed by atoms with Crippen molar-refractivity contribution in [1.82, 2.24) is 10.3 Å². The van der Waals surface area contributed by atoms with Gasteiger partial charge in [0.15, 0.2) is 11.8 Å². The molecule has 2 aromatic carbocycles. The van der Waals surface area contributed by atoms with E-state index >= 15 is 0 Å². The first-order chi connectivity index (χ1) is 13.9. The molecular weight excluding hydrogens is 370 g/mol. The molecule has 7 heteroatoms. The molecule has 152 valence electrons. The number of ether oxygens (including phenoxy) is 2. The molecule has 0 aliphatic heterocycles. The lowest BCUT2D eigenvalue weighted by atomic mass is 10.0. The van der Waals surface area contributed by atoms with E-state index in [4.69, 9.17) is 14.1 Å². The normalized spacial score (nSPS) is 11.9. The van der Waals surface area contributed by atoms with E-state index in [-0.39, 0.29) is 11.7 Å². The standard InChI is InChI=1S/C22H25N3O4/c1-13(2)16-6-9-18(10-7-16)28-15(4)22(26)23-21-20(24-29-25-21)17-8-11-19(27-5)14(3)12-17/h6-13,15H,1-5H3,(H,23,25,26)/t15-/m0/s1. The number of methoxy groups -OCH3 is 1. The number of hydrogen-bond donors (Lipinski definition) is 1. The van der Waals surface area contributed by atoms with Crippen molar-refractivity contribution in [3.05, 3.63) is 53.6 Å². The molecule has 0 radical (unpaired) electrons. The third-order valence-corrected chi connectivity index (χ3v) is 4.63. The smallest absolute Gasteiger partial charge is 0.266 e. The number of aromatic nitrogens is 2. The minimum absolute atomic E-state index is 0.241. The van der Waals surface area contributed by atoms with E-state index in [0.29, 0.717) is 17.4 Å². The van der Waals surface area contributed by atoms with Crippen LogP contribution < -0.4 is 14.8 Å². The van der Waals surface area contributed by atoms with Crippen LogP contribution in [0.5, 0.6) is 11.5 Å². The number of rotatable bonds is 7. The lowest BCUT2D eigenvalue weighted by Crippen LogP contribution is -2.30. The maximum atomic E-state index is 12.6. The summed E-state index contributed by atoms with van der Waals surface area (Å²) in [4.78, 5) is 12.6. The molecule has 0 aliphatic rings. The van der Waals surface area contributed by atoms with Crippen molar-refractivity contribution < 1.29 is 18.9 Å². The Hall–Kier alpha value is -3.35. The monoisotopic (exact) mass is 395 g/mol. The third kappa shape index (κ3) is 4.74. The Labute approximate surface area is 170 Å². The summed E-state index contributed by atoms with van der Waals surface area (Å²) in [6, 6.07) is 13.3. The Bertz CT molecular complexity index is 980. The highest BCUT2D eigenvalue weighted by atomic mass is 16.6. The molecular formula is C22H25N3O4. The van der Waals surface area contributed by atoms with Gasteiger partial charge in [-0.05, 0) is 71.5 Å². The van der Waals surface area contributed by atoms with Crippen LogP contribution in [0.25, 0.3) is 11.3 Å². The van der Waals surface area contributed by atoms with Crippen molar-refractivity contribution in [2.24, 2.45) is 0 Å². The predicted octanol–water partition coefficient (Wildman–Crippen LogP) is 4.58. The topological polar surface area (TPSA) is 86.5 Å². The van der Waals surface area contributed by atoms with Gasteiger partial charge in [0.25, 0.3) is 5.91 Å². The number of hydrogen-bond acceptors (Lipinski definition) is 6. The lowest BCUT2D eigenvalue weighted by Gasteiger charge is -2.15. The van der Waals surface area contributed by atoms with Gasteiger partial charge in [-0.25, -0.2) is 4.63 Å². The second-order valence-corrected chi connectivity index (χ2v) is 7.12. The zero-order chi connectivity index (χ0) is 21.0. The van der Waals surface area contributed by atoms with E-state index in [1.165, 1.54) is 5.56 Å². The Balaban J connectivity index is 1.69. The third-order valence-electron chi connectivity index (χ3n) is 4.63. The molecule has 3 rings (SSSR count). The molecule has 3 aromatic rings. The van der Waals surface area contributed by atoms with E-state index in [1.807, 2.05) is 49.4 Å². The Morgan fingerprint density at radius 2 is 1.79 bits per heavy atom. The Morgan fingerprint density at radius 3 is 2.41 bits per heavy atom. The summed E-state index contributed by atoms with van der Waals surface area (Å²) in [5.41, 5.74) is 3.35. The minimum atomic E-state index is -0.720. The number of anilines is 1. The van der Waals surface area contributed by atoms with E-state index in [1.54, 1.807) is 14.0 Å². The van der Waals surface area contributed by atoms with Gasteiger partial charge in [-0.3, -0.25) is 4.79 Å². The largest absolute Gasteiger partial charge is 0.496 e. The van der Waals surface area contributed by atoms with Crippen molar-refractivity contribution in [3.63, 3.8) is 0 Å². The fourth-order valence-corrected chi connectivity index (χ4v) is 2.89. The first-order valence-electron chi connectivity index (χ1n) is 9.44. The van der Waals surface area contributed by atoms with E-state index in [2.05, 4.69) is 29.5 Å². The molecule has 1 aromatic heterocycles. The van der Waals surface area contributed by atoms with Gasteiger partial charge < -0.3 is 14.8 Å². The Kier molecular flexibility index (Phi) is 6.16. The summed E-state index contributed by atoms with van der Waals surface area (Å²) in [5, 5.41) is 10.5. The summed E-state index contributed by atoms with van der Waals surface area (Å²) in [6.45, 7) is 7.85. The molecule has 1 atom stereocenters. The quantitative estimate of drug-likeness (QED) is 0.630. The molecule has 1 N–H and O–H groups in total. The van der Waals surface area contributed by atoms with Crippen LogP contribution in [0.2, 0.25) is 0 Å². The van der Waals surface area contributed by atoms with Crippen LogP contribution in [0.1, 0.15) is 37.8 Å². The maximum absolute atomic E-state index is 12.6. The molecule has 0 unspecified atom stereocenters. The highest BCUT2D eigenvalue weighted by molar-refractivity contribution is 5.96. The second-order valence-electron chi connectivity index (χ2n) is 7.12. The molecule has 0 aliphatic carbocycles. The SMILES string of the molecule is COc1ccc(-c2nonc2NC(=O)[C@H](C)Oc2ccc(C(C)C)cc2)cc1C. The second kappa shape index (κ2) is 8.77. The van der Waals surface area contributed by atoms with Gasteiger partial charge >= 0.3 is 0 Å². The van der Waals surface area contributed by atoms with Crippen LogP contribution in [-0.2, 0) is 4.79 Å². The zero-order valence-electron chi connectivity index (χ0n) is 17.2. The molecule has 29 heavy (non-hydrogen) atoms. The van der Waals surface area contributed by atoms with E-state index < -0.39 is 6.10 Å². The van der Waals surface area contributed by atoms with Crippen molar-refractivity contribution in [1.29, 1.82) is 0 Å². The molecule has 0 saturated carbocycles. The number of carbonyl (C=O) groups excluding carboxylic acids is 1. The van der Waals surface area contributed by atoms with Crippen molar-refractivity contribution >= 4 is 11.7 Å². The summed E-state index contributed by atoms with van der Waals surface area (Å²) in [7, 11) is 1.61. The first kappa shape index (κ1) is 20.4. The fraction of sp³-hybridized carbons (Fsp3) is 0.318. The molecule has 0 fully saturated rings. The van der Waals surface area contributed by atoms with E-state index in [0.717, 1.165) is 16.9 Å². The average molecular weight is 395 g/mol. The van der Waals surface area contributed by atoms with E-state index in [9.17, 15) is 4.79 Å². The highest BCUT2D eigenvalue weighted by Crippen LogP contribution is 2.29. The molecule has 1 heterocycles. The van der Waals surface area contributed by atoms with Gasteiger partial charge in [-0.2, -0.15) is 0 Å². The maximum Gasteiger partial charge on any atom is 0.266 e. The molecule has 0 saturated heterocycles. The van der Waals surface area contributed by atoms with Crippen molar-refractivity contribution in [2.45, 2.75) is 39.7 Å². The van der Waals surface area contributed by atoms with Crippen LogP contribution in [0.4, 0.5) is 5.82 Å². The van der Waals surface area contributed by atoms with Gasteiger partial charge in [0.1, 0.15) is 11.5 Å². The van der Waals surface area contributed by atoms with Crippen LogP contribution in [0, 0.1) is 6.92 Å². The van der Waals surface area contributed by atoms with Crippen LogP contribution in [-0.4, -0.2) is 29.4 Å². The number of benzene rings is 2.